The molecule has 5 nitrogen and oxygen atoms in total. The Morgan fingerprint density at radius 3 is 2.00 bits per heavy atom. The quantitative estimate of drug-likeness (QED) is 0.469. The van der Waals surface area contributed by atoms with Gasteiger partial charge in [-0.15, -0.1) is 0 Å². The van der Waals surface area contributed by atoms with Crippen molar-refractivity contribution < 1.29 is 12.8 Å². The highest BCUT2D eigenvalue weighted by atomic mass is 32.2. The van der Waals surface area contributed by atoms with Crippen molar-refractivity contribution in [2.24, 2.45) is 0 Å². The lowest BCUT2D eigenvalue weighted by molar-refractivity contribution is 0.570. The van der Waals surface area contributed by atoms with E-state index in [1.165, 1.54) is 0 Å². The molecule has 1 N–H and O–H groups in total. The van der Waals surface area contributed by atoms with Crippen LogP contribution < -0.4 is 5.32 Å². The number of hydrogen-bond donors (Lipinski definition) is 1. The van der Waals surface area contributed by atoms with Gasteiger partial charge in [0.15, 0.2) is 0 Å². The van der Waals surface area contributed by atoms with Crippen molar-refractivity contribution in [2.45, 2.75) is 22.9 Å². The second kappa shape index (κ2) is 7.93. The van der Waals surface area contributed by atoms with Gasteiger partial charge < -0.3 is 9.73 Å². The van der Waals surface area contributed by atoms with Gasteiger partial charge >= 0.3 is 0 Å². The molecular formula is C23H20N2O3S. The Balaban J connectivity index is 1.80. The number of oxazole rings is 1. The van der Waals surface area contributed by atoms with Gasteiger partial charge in [0.1, 0.15) is 0 Å². The second-order valence-electron chi connectivity index (χ2n) is 6.61. The van der Waals surface area contributed by atoms with E-state index in [0.717, 1.165) is 5.56 Å². The van der Waals surface area contributed by atoms with Gasteiger partial charge in [0.2, 0.25) is 26.6 Å². The van der Waals surface area contributed by atoms with E-state index in [4.69, 9.17) is 4.42 Å². The number of aromatic nitrogens is 1. The zero-order valence-corrected chi connectivity index (χ0v) is 16.6. The maximum absolute atomic E-state index is 13.3. The van der Waals surface area contributed by atoms with E-state index in [0.29, 0.717) is 5.56 Å². The van der Waals surface area contributed by atoms with E-state index in [1.54, 1.807) is 30.3 Å². The Kier molecular flexibility index (Phi) is 5.18. The van der Waals surface area contributed by atoms with Gasteiger partial charge in [-0.3, -0.25) is 0 Å². The molecule has 0 spiro atoms. The monoisotopic (exact) mass is 404 g/mol. The molecule has 6 heteroatoms. The number of nitrogens with zero attached hydrogens (tertiary/aromatic N) is 1. The number of rotatable bonds is 6. The second-order valence-corrected chi connectivity index (χ2v) is 8.48. The van der Waals surface area contributed by atoms with Crippen molar-refractivity contribution in [3.8, 4) is 11.5 Å². The molecule has 29 heavy (non-hydrogen) atoms. The van der Waals surface area contributed by atoms with Gasteiger partial charge in [-0.2, -0.15) is 4.98 Å². The lowest BCUT2D eigenvalue weighted by Crippen LogP contribution is -2.10. The van der Waals surface area contributed by atoms with Crippen LogP contribution in [0.5, 0.6) is 0 Å². The van der Waals surface area contributed by atoms with Gasteiger partial charge in [-0.05, 0) is 36.8 Å². The van der Waals surface area contributed by atoms with Crippen molar-refractivity contribution in [3.05, 3.63) is 96.6 Å². The van der Waals surface area contributed by atoms with Crippen LogP contribution in [0.15, 0.2) is 105 Å². The molecule has 146 valence electrons. The van der Waals surface area contributed by atoms with E-state index in [9.17, 15) is 8.42 Å². The minimum Gasteiger partial charge on any atom is -0.419 e. The van der Waals surface area contributed by atoms with Crippen LogP contribution in [0.3, 0.4) is 0 Å². The van der Waals surface area contributed by atoms with Crippen molar-refractivity contribution in [3.63, 3.8) is 0 Å². The summed E-state index contributed by atoms with van der Waals surface area (Å²) in [7, 11) is -3.85. The Morgan fingerprint density at radius 2 is 1.38 bits per heavy atom. The molecule has 1 heterocycles. The third-order valence-corrected chi connectivity index (χ3v) is 6.25. The molecule has 1 unspecified atom stereocenters. The van der Waals surface area contributed by atoms with E-state index < -0.39 is 9.84 Å². The fourth-order valence-corrected chi connectivity index (χ4v) is 4.30. The molecule has 1 atom stereocenters. The lowest BCUT2D eigenvalue weighted by atomic mass is 10.1. The average molecular weight is 404 g/mol. The Morgan fingerprint density at radius 1 is 0.828 bits per heavy atom. The minimum atomic E-state index is -3.85. The summed E-state index contributed by atoms with van der Waals surface area (Å²) in [6.07, 6.45) is 0. The number of hydrogen-bond acceptors (Lipinski definition) is 5. The Bertz CT molecular complexity index is 1190. The molecule has 0 bridgehead atoms. The summed E-state index contributed by atoms with van der Waals surface area (Å²) < 4.78 is 32.4. The van der Waals surface area contributed by atoms with Crippen molar-refractivity contribution in [2.75, 3.05) is 5.32 Å². The molecule has 3 aromatic carbocycles. The van der Waals surface area contributed by atoms with E-state index in [2.05, 4.69) is 10.3 Å². The van der Waals surface area contributed by atoms with Crippen LogP contribution >= 0.6 is 0 Å². The van der Waals surface area contributed by atoms with Crippen LogP contribution in [0.4, 0.5) is 5.88 Å². The highest BCUT2D eigenvalue weighted by Gasteiger charge is 2.29. The zero-order chi connectivity index (χ0) is 20.3. The highest BCUT2D eigenvalue weighted by Crippen LogP contribution is 2.34. The minimum absolute atomic E-state index is 0.120. The first-order valence-electron chi connectivity index (χ1n) is 9.23. The Hall–Kier alpha value is -3.38. The van der Waals surface area contributed by atoms with Gasteiger partial charge in [-0.25, -0.2) is 8.42 Å². The first-order chi connectivity index (χ1) is 14.1. The molecule has 4 aromatic rings. The van der Waals surface area contributed by atoms with Crippen LogP contribution in [0.25, 0.3) is 11.5 Å². The summed E-state index contributed by atoms with van der Waals surface area (Å²) in [5.74, 6) is 0.381. The first kappa shape index (κ1) is 19.0. The van der Waals surface area contributed by atoms with Crippen LogP contribution in [0, 0.1) is 0 Å². The maximum Gasteiger partial charge on any atom is 0.234 e. The third-order valence-electron chi connectivity index (χ3n) is 4.57. The van der Waals surface area contributed by atoms with Gasteiger partial charge in [0.25, 0.3) is 0 Å². The molecule has 0 saturated heterocycles. The topological polar surface area (TPSA) is 72.2 Å². The largest absolute Gasteiger partial charge is 0.419 e. The van der Waals surface area contributed by atoms with Crippen LogP contribution in [-0.2, 0) is 9.84 Å². The van der Waals surface area contributed by atoms with Crippen molar-refractivity contribution >= 4 is 15.7 Å². The van der Waals surface area contributed by atoms with Crippen LogP contribution in [-0.4, -0.2) is 13.4 Å². The fourth-order valence-electron chi connectivity index (χ4n) is 3.02. The van der Waals surface area contributed by atoms with Crippen molar-refractivity contribution in [1.82, 2.24) is 4.98 Å². The maximum atomic E-state index is 13.3. The number of nitrogens with one attached hydrogen (secondary N) is 1. The molecule has 0 aliphatic heterocycles. The number of benzene rings is 3. The molecule has 0 saturated carbocycles. The predicted molar refractivity (Wildman–Crippen MR) is 112 cm³/mol. The third kappa shape index (κ3) is 3.93. The molecular weight excluding hydrogens is 384 g/mol. The molecule has 0 aliphatic rings. The average Bonchev–Trinajstić information content (AvgIpc) is 3.20. The van der Waals surface area contributed by atoms with E-state index in [1.807, 2.05) is 67.6 Å². The first-order valence-corrected chi connectivity index (χ1v) is 10.7. The SMILES string of the molecule is CC(Nc1oc(-c2ccccc2)nc1S(=O)(=O)c1ccccc1)c1ccccc1. The highest BCUT2D eigenvalue weighted by molar-refractivity contribution is 7.91. The summed E-state index contributed by atoms with van der Waals surface area (Å²) in [5.41, 5.74) is 1.71. The fraction of sp³-hybridized carbons (Fsp3) is 0.0870. The standard InChI is InChI=1S/C23H20N2O3S/c1-17(18-11-5-2-6-12-18)24-22-23(29(26,27)20-15-9-4-10-16-20)25-21(28-22)19-13-7-3-8-14-19/h2-17,24H,1H3. The number of anilines is 1. The molecule has 0 radical (unpaired) electrons. The predicted octanol–water partition coefficient (Wildman–Crippen LogP) is 5.35. The van der Waals surface area contributed by atoms with Crippen LogP contribution in [0.2, 0.25) is 0 Å². The molecule has 4 rings (SSSR count). The van der Waals surface area contributed by atoms with Gasteiger partial charge in [0, 0.05) is 5.56 Å². The van der Waals surface area contributed by atoms with Crippen LogP contribution in [0.1, 0.15) is 18.5 Å². The number of sulfone groups is 1. The Labute approximate surface area is 170 Å². The van der Waals surface area contributed by atoms with Gasteiger partial charge in [0.05, 0.1) is 10.9 Å². The molecule has 0 aliphatic carbocycles. The smallest absolute Gasteiger partial charge is 0.234 e. The van der Waals surface area contributed by atoms with Gasteiger partial charge in [-0.1, -0.05) is 66.7 Å². The van der Waals surface area contributed by atoms with E-state index in [-0.39, 0.29) is 27.7 Å². The summed E-state index contributed by atoms with van der Waals surface area (Å²) >= 11 is 0. The lowest BCUT2D eigenvalue weighted by Gasteiger charge is -2.14. The summed E-state index contributed by atoms with van der Waals surface area (Å²) in [6.45, 7) is 1.94. The summed E-state index contributed by atoms with van der Waals surface area (Å²) in [4.78, 5) is 4.53. The summed E-state index contributed by atoms with van der Waals surface area (Å²) in [5, 5.41) is 3.06. The normalized spacial score (nSPS) is 12.4. The summed E-state index contributed by atoms with van der Waals surface area (Å²) in [6, 6.07) is 27.1. The van der Waals surface area contributed by atoms with Crippen molar-refractivity contribution in [1.29, 1.82) is 0 Å². The van der Waals surface area contributed by atoms with E-state index >= 15 is 0 Å². The molecule has 1 aromatic heterocycles. The molecule has 0 fully saturated rings. The zero-order valence-electron chi connectivity index (χ0n) is 15.8. The molecule has 0 amide bonds.